The Bertz CT molecular complexity index is 554. The molecular weight excluding hydrogens is 345 g/mol. The van der Waals surface area contributed by atoms with Gasteiger partial charge in [0.15, 0.2) is 0 Å². The summed E-state index contributed by atoms with van der Waals surface area (Å²) in [6.45, 7) is 5.26. The van der Waals surface area contributed by atoms with Crippen molar-refractivity contribution in [3.8, 4) is 0 Å². The van der Waals surface area contributed by atoms with Crippen molar-refractivity contribution in [2.24, 2.45) is 0 Å². The van der Waals surface area contributed by atoms with Crippen LogP contribution in [0, 0.1) is 10.1 Å². The third-order valence-corrected chi connectivity index (χ3v) is 4.15. The highest BCUT2D eigenvalue weighted by molar-refractivity contribution is 6.39. The summed E-state index contributed by atoms with van der Waals surface area (Å²) in [6, 6.07) is 2.46. The molecule has 0 radical (unpaired) electrons. The van der Waals surface area contributed by atoms with Crippen molar-refractivity contribution in [3.63, 3.8) is 0 Å². The summed E-state index contributed by atoms with van der Waals surface area (Å²) in [6.07, 6.45) is 0. The number of nitro benzene ring substituents is 1. The third kappa shape index (κ3) is 5.19. The zero-order chi connectivity index (χ0) is 17.0. The predicted octanol–water partition coefficient (Wildman–Crippen LogP) is 2.40. The number of nitro groups is 1. The summed E-state index contributed by atoms with van der Waals surface area (Å²) < 4.78 is 5.28. The minimum Gasteiger partial charge on any atom is -0.387 e. The van der Waals surface area contributed by atoms with Crippen molar-refractivity contribution >= 4 is 34.6 Å². The van der Waals surface area contributed by atoms with Crippen LogP contribution in [-0.4, -0.2) is 59.9 Å². The zero-order valence-corrected chi connectivity index (χ0v) is 14.2. The molecule has 0 saturated carbocycles. The summed E-state index contributed by atoms with van der Waals surface area (Å²) in [5.41, 5.74) is -0.807. The number of ether oxygens (including phenoxy) is 1. The maximum Gasteiger partial charge on any atom is 0.272 e. The largest absolute Gasteiger partial charge is 0.387 e. The molecule has 1 saturated heterocycles. The number of β-amino-alcohol motifs (C(OH)–C–C–N with tert-alkyl or cyclic N) is 1. The highest BCUT2D eigenvalue weighted by Crippen LogP contribution is 2.34. The van der Waals surface area contributed by atoms with E-state index in [2.05, 4.69) is 10.2 Å². The first-order valence-electron chi connectivity index (χ1n) is 7.18. The summed E-state index contributed by atoms with van der Waals surface area (Å²) in [7, 11) is 0. The zero-order valence-electron chi connectivity index (χ0n) is 12.7. The minimum absolute atomic E-state index is 0.145. The number of aliphatic hydroxyl groups is 1. The van der Waals surface area contributed by atoms with E-state index in [1.54, 1.807) is 6.92 Å². The lowest BCUT2D eigenvalue weighted by Crippen LogP contribution is -2.49. The molecule has 0 bridgehead atoms. The lowest BCUT2D eigenvalue weighted by molar-refractivity contribution is -0.384. The fourth-order valence-corrected chi connectivity index (χ4v) is 3.02. The average Bonchev–Trinajstić information content (AvgIpc) is 2.46. The van der Waals surface area contributed by atoms with Crippen LogP contribution in [0.3, 0.4) is 0 Å². The summed E-state index contributed by atoms with van der Waals surface area (Å²) in [5, 5.41) is 24.6. The quantitative estimate of drug-likeness (QED) is 0.595. The van der Waals surface area contributed by atoms with Crippen LogP contribution in [-0.2, 0) is 4.74 Å². The molecular formula is C14H19Cl2N3O4. The second kappa shape index (κ2) is 7.63. The number of hydrogen-bond acceptors (Lipinski definition) is 6. The van der Waals surface area contributed by atoms with E-state index in [0.717, 1.165) is 13.1 Å². The van der Waals surface area contributed by atoms with Gasteiger partial charge in [-0.1, -0.05) is 23.2 Å². The van der Waals surface area contributed by atoms with Crippen LogP contribution >= 0.6 is 23.2 Å². The Balaban J connectivity index is 2.00. The number of halogens is 2. The number of nitrogens with zero attached hydrogens (tertiary/aromatic N) is 2. The molecule has 1 aromatic carbocycles. The third-order valence-electron chi connectivity index (χ3n) is 3.55. The van der Waals surface area contributed by atoms with Gasteiger partial charge in [-0.05, 0) is 6.92 Å². The fraction of sp³-hybridized carbons (Fsp3) is 0.571. The van der Waals surface area contributed by atoms with E-state index in [1.807, 2.05) is 0 Å². The monoisotopic (exact) mass is 363 g/mol. The Morgan fingerprint density at radius 1 is 1.39 bits per heavy atom. The van der Waals surface area contributed by atoms with Crippen LogP contribution in [0.25, 0.3) is 0 Å². The Morgan fingerprint density at radius 3 is 2.48 bits per heavy atom. The molecule has 1 unspecified atom stereocenters. The van der Waals surface area contributed by atoms with Crippen LogP contribution in [0.5, 0.6) is 0 Å². The van der Waals surface area contributed by atoms with E-state index in [0.29, 0.717) is 25.4 Å². The van der Waals surface area contributed by atoms with Gasteiger partial charge >= 0.3 is 0 Å². The first kappa shape index (κ1) is 18.2. The number of hydrogen-bond donors (Lipinski definition) is 2. The van der Waals surface area contributed by atoms with Crippen molar-refractivity contribution < 1.29 is 14.8 Å². The molecule has 0 spiro atoms. The van der Waals surface area contributed by atoms with Crippen molar-refractivity contribution in [1.29, 1.82) is 0 Å². The number of benzene rings is 1. The van der Waals surface area contributed by atoms with Crippen molar-refractivity contribution in [2.45, 2.75) is 12.5 Å². The summed E-state index contributed by atoms with van der Waals surface area (Å²) in [5.74, 6) is 0. The van der Waals surface area contributed by atoms with Gasteiger partial charge in [0.2, 0.25) is 0 Å². The lowest BCUT2D eigenvalue weighted by Gasteiger charge is -2.34. The first-order valence-corrected chi connectivity index (χ1v) is 7.94. The van der Waals surface area contributed by atoms with Crippen LogP contribution in [0.1, 0.15) is 6.92 Å². The molecule has 1 heterocycles. The molecule has 1 atom stereocenters. The Labute approximate surface area is 144 Å². The van der Waals surface area contributed by atoms with Gasteiger partial charge in [-0.2, -0.15) is 0 Å². The smallest absolute Gasteiger partial charge is 0.272 e. The molecule has 2 N–H and O–H groups in total. The van der Waals surface area contributed by atoms with E-state index < -0.39 is 10.5 Å². The topological polar surface area (TPSA) is 87.9 Å². The van der Waals surface area contributed by atoms with Gasteiger partial charge < -0.3 is 15.2 Å². The molecule has 1 aromatic rings. The maximum absolute atomic E-state index is 10.8. The number of non-ortho nitro benzene ring substituents is 1. The normalized spacial score (nSPS) is 18.4. The van der Waals surface area contributed by atoms with Crippen LogP contribution in [0.15, 0.2) is 12.1 Å². The van der Waals surface area contributed by atoms with Gasteiger partial charge in [0.1, 0.15) is 0 Å². The second-order valence-corrected chi connectivity index (χ2v) is 6.59. The van der Waals surface area contributed by atoms with Crippen molar-refractivity contribution in [3.05, 3.63) is 32.3 Å². The van der Waals surface area contributed by atoms with Gasteiger partial charge in [-0.3, -0.25) is 15.0 Å². The molecule has 9 heteroatoms. The molecule has 0 aliphatic carbocycles. The highest BCUT2D eigenvalue weighted by Gasteiger charge is 2.26. The van der Waals surface area contributed by atoms with Crippen LogP contribution in [0.4, 0.5) is 11.4 Å². The molecule has 7 nitrogen and oxygen atoms in total. The number of nitrogens with one attached hydrogen (secondary N) is 1. The van der Waals surface area contributed by atoms with Crippen LogP contribution in [0.2, 0.25) is 10.0 Å². The fourth-order valence-electron chi connectivity index (χ4n) is 2.41. The van der Waals surface area contributed by atoms with E-state index in [1.165, 1.54) is 12.1 Å². The summed E-state index contributed by atoms with van der Waals surface area (Å²) >= 11 is 12.1. The van der Waals surface area contributed by atoms with Gasteiger partial charge in [-0.25, -0.2) is 0 Å². The van der Waals surface area contributed by atoms with Crippen LogP contribution < -0.4 is 5.32 Å². The van der Waals surface area contributed by atoms with Gasteiger partial charge in [-0.15, -0.1) is 0 Å². The molecule has 23 heavy (non-hydrogen) atoms. The Kier molecular flexibility index (Phi) is 6.05. The minimum atomic E-state index is -1.01. The Hall–Kier alpha value is -1.12. The average molecular weight is 364 g/mol. The molecule has 1 fully saturated rings. The SMILES string of the molecule is CC(O)(CNc1c(Cl)cc([N+](=O)[O-])cc1Cl)CN1CCOCC1. The molecule has 1 aliphatic rings. The molecule has 0 aromatic heterocycles. The Morgan fingerprint density at radius 2 is 1.96 bits per heavy atom. The van der Waals surface area contributed by atoms with Gasteiger partial charge in [0, 0.05) is 38.3 Å². The lowest BCUT2D eigenvalue weighted by atomic mass is 10.1. The number of morpholine rings is 1. The molecule has 0 amide bonds. The van der Waals surface area contributed by atoms with E-state index in [4.69, 9.17) is 27.9 Å². The number of rotatable bonds is 6. The van der Waals surface area contributed by atoms with Gasteiger partial charge in [0.05, 0.1) is 39.5 Å². The summed E-state index contributed by atoms with van der Waals surface area (Å²) in [4.78, 5) is 12.3. The van der Waals surface area contributed by atoms with E-state index in [9.17, 15) is 15.2 Å². The molecule has 128 valence electrons. The van der Waals surface area contributed by atoms with Crippen molar-refractivity contribution in [2.75, 3.05) is 44.7 Å². The maximum atomic E-state index is 10.8. The highest BCUT2D eigenvalue weighted by atomic mass is 35.5. The number of anilines is 1. The van der Waals surface area contributed by atoms with E-state index >= 15 is 0 Å². The van der Waals surface area contributed by atoms with Gasteiger partial charge in [0.25, 0.3) is 5.69 Å². The second-order valence-electron chi connectivity index (χ2n) is 5.78. The predicted molar refractivity (Wildman–Crippen MR) is 89.5 cm³/mol. The van der Waals surface area contributed by atoms with Crippen molar-refractivity contribution in [1.82, 2.24) is 4.90 Å². The standard InChI is InChI=1S/C14H19Cl2N3O4/c1-14(20,9-18-2-4-23-5-3-18)8-17-13-11(15)6-10(19(21)22)7-12(13)16/h6-7,17,20H,2-5,8-9H2,1H3. The first-order chi connectivity index (χ1) is 10.8. The molecule has 2 rings (SSSR count). The van der Waals surface area contributed by atoms with E-state index in [-0.39, 0.29) is 22.3 Å². The molecule has 1 aliphatic heterocycles.